The molecule has 0 heterocycles. The van der Waals surface area contributed by atoms with E-state index in [1.807, 2.05) is 0 Å². The van der Waals surface area contributed by atoms with Crippen molar-refractivity contribution in [1.82, 2.24) is 0 Å². The minimum Gasteiger partial charge on any atom is -0.159 e. The molecule has 0 aliphatic heterocycles. The number of hydrogen-bond donors (Lipinski definition) is 0. The van der Waals surface area contributed by atoms with Crippen LogP contribution in [0.25, 0.3) is 0 Å². The molecule has 194 valence electrons. The molecule has 0 amide bonds. The molecule has 0 N–H and O–H groups in total. The highest BCUT2D eigenvalue weighted by Gasteiger charge is 2.30. The fourth-order valence-electron chi connectivity index (χ4n) is 6.52. The maximum atomic E-state index is 2.39. The summed E-state index contributed by atoms with van der Waals surface area (Å²) >= 11 is 7.12. The van der Waals surface area contributed by atoms with Gasteiger partial charge in [-0.25, -0.2) is 0 Å². The maximum absolute atomic E-state index is 2.39. The Morgan fingerprint density at radius 2 is 0.848 bits per heavy atom. The third-order valence-electron chi connectivity index (χ3n) is 8.93. The van der Waals surface area contributed by atoms with Crippen LogP contribution in [0.1, 0.15) is 148 Å². The third-order valence-corrected chi connectivity index (χ3v) is 13.1. The van der Waals surface area contributed by atoms with Crippen LogP contribution in [0.4, 0.5) is 0 Å². The van der Waals surface area contributed by atoms with Gasteiger partial charge in [0.1, 0.15) is 0 Å². The molecule has 0 aromatic heterocycles. The molecule has 0 nitrogen and oxygen atoms in total. The predicted octanol–water partition coefficient (Wildman–Crippen LogP) is 10.9. The van der Waals surface area contributed by atoms with Crippen molar-refractivity contribution in [2.45, 2.75) is 164 Å². The molecule has 33 heavy (non-hydrogen) atoms. The molecule has 0 unspecified atom stereocenters. The fourth-order valence-corrected chi connectivity index (χ4v) is 11.2. The second-order valence-electron chi connectivity index (χ2n) is 11.6. The smallest absolute Gasteiger partial charge is 0.00470 e. The molecule has 3 fully saturated rings. The van der Waals surface area contributed by atoms with Crippen molar-refractivity contribution in [3.63, 3.8) is 0 Å². The van der Waals surface area contributed by atoms with Crippen molar-refractivity contribution in [2.24, 2.45) is 5.41 Å². The average Bonchev–Trinajstić information content (AvgIpc) is 2.86. The minimum absolute atomic E-state index is 0.639. The summed E-state index contributed by atoms with van der Waals surface area (Å²) in [5.41, 5.74) is 0.639. The van der Waals surface area contributed by atoms with E-state index in [4.69, 9.17) is 0 Å². The van der Waals surface area contributed by atoms with Gasteiger partial charge in [0.2, 0.25) is 0 Å². The van der Waals surface area contributed by atoms with E-state index in [2.05, 4.69) is 42.2 Å². The Morgan fingerprint density at radius 1 is 0.485 bits per heavy atom. The third kappa shape index (κ3) is 11.8. The number of hydrogen-bond acceptors (Lipinski definition) is 3. The monoisotopic (exact) mass is 512 g/mol. The van der Waals surface area contributed by atoms with Crippen molar-refractivity contribution >= 4 is 35.3 Å². The molecule has 0 aromatic rings. The molecule has 3 heteroatoms. The molecule has 0 spiro atoms. The number of thioether (sulfide) groups is 3. The lowest BCUT2D eigenvalue weighted by atomic mass is 9.75. The summed E-state index contributed by atoms with van der Waals surface area (Å²) in [7, 11) is 0. The molecule has 0 atom stereocenters. The normalized spacial score (nSPS) is 22.1. The molecule has 0 bridgehead atoms. The quantitative estimate of drug-likeness (QED) is 0.189. The largest absolute Gasteiger partial charge is 0.159 e. The molecule has 3 aliphatic carbocycles. The first-order chi connectivity index (χ1) is 16.3. The lowest BCUT2D eigenvalue weighted by Gasteiger charge is -2.36. The van der Waals surface area contributed by atoms with Gasteiger partial charge in [-0.15, -0.1) is 0 Å². The molecule has 0 aromatic carbocycles. The second kappa shape index (κ2) is 17.5. The zero-order chi connectivity index (χ0) is 23.0. The molecule has 0 radical (unpaired) electrons. The Morgan fingerprint density at radius 3 is 1.18 bits per heavy atom. The van der Waals surface area contributed by atoms with Crippen LogP contribution in [-0.4, -0.2) is 33.0 Å². The number of rotatable bonds is 16. The standard InChI is InChI=1S/C30H56S3/c1-2-3-13-20-30(21-24-31-27-14-7-4-8-15-27,22-25-32-28-16-9-5-10-17-28)23-26-33-29-18-11-6-12-19-29/h27-29H,2-26H2,1H3. The van der Waals surface area contributed by atoms with Crippen LogP contribution in [0.3, 0.4) is 0 Å². The van der Waals surface area contributed by atoms with Crippen LogP contribution < -0.4 is 0 Å². The summed E-state index contributed by atoms with van der Waals surface area (Å²) in [6.07, 6.45) is 32.8. The summed E-state index contributed by atoms with van der Waals surface area (Å²) in [5, 5.41) is 2.96. The fraction of sp³-hybridized carbons (Fsp3) is 1.00. The van der Waals surface area contributed by atoms with Crippen molar-refractivity contribution in [3.05, 3.63) is 0 Å². The van der Waals surface area contributed by atoms with E-state index in [1.165, 1.54) is 159 Å². The highest BCUT2D eigenvalue weighted by atomic mass is 32.2. The molecule has 0 saturated heterocycles. The van der Waals surface area contributed by atoms with E-state index in [-0.39, 0.29) is 0 Å². The molecule has 3 aliphatic rings. The second-order valence-corrected chi connectivity index (χ2v) is 15.8. The maximum Gasteiger partial charge on any atom is 0.00470 e. The van der Waals surface area contributed by atoms with E-state index < -0.39 is 0 Å². The summed E-state index contributed by atoms with van der Waals surface area (Å²) in [6.45, 7) is 2.39. The molecular formula is C30H56S3. The first kappa shape index (κ1) is 28.6. The van der Waals surface area contributed by atoms with Crippen LogP contribution in [0.5, 0.6) is 0 Å². The van der Waals surface area contributed by atoms with Gasteiger partial charge in [0, 0.05) is 15.7 Å². The van der Waals surface area contributed by atoms with Gasteiger partial charge in [-0.05, 0) is 86.9 Å². The zero-order valence-corrected chi connectivity index (χ0v) is 24.6. The lowest BCUT2D eigenvalue weighted by Crippen LogP contribution is -2.26. The van der Waals surface area contributed by atoms with E-state index in [0.29, 0.717) is 5.41 Å². The van der Waals surface area contributed by atoms with E-state index in [0.717, 1.165) is 15.7 Å². The van der Waals surface area contributed by atoms with Gasteiger partial charge in [-0.3, -0.25) is 0 Å². The highest BCUT2D eigenvalue weighted by molar-refractivity contribution is 8.00. The van der Waals surface area contributed by atoms with Gasteiger partial charge in [-0.1, -0.05) is 84.0 Å². The summed E-state index contributed by atoms with van der Waals surface area (Å²) in [5.74, 6) is 4.33. The Kier molecular flexibility index (Phi) is 15.2. The average molecular weight is 513 g/mol. The topological polar surface area (TPSA) is 0 Å². The summed E-state index contributed by atoms with van der Waals surface area (Å²) in [4.78, 5) is 0. The highest BCUT2D eigenvalue weighted by Crippen LogP contribution is 2.43. The minimum atomic E-state index is 0.639. The van der Waals surface area contributed by atoms with E-state index >= 15 is 0 Å². The van der Waals surface area contributed by atoms with Gasteiger partial charge >= 0.3 is 0 Å². The summed E-state index contributed by atoms with van der Waals surface area (Å²) < 4.78 is 0. The SMILES string of the molecule is CCCCCC(CCSC1CCCCC1)(CCSC1CCCCC1)CCSC1CCCCC1. The first-order valence-electron chi connectivity index (χ1n) is 15.1. The number of unbranched alkanes of at least 4 members (excludes halogenated alkanes) is 2. The van der Waals surface area contributed by atoms with Crippen molar-refractivity contribution < 1.29 is 0 Å². The van der Waals surface area contributed by atoms with Gasteiger partial charge in [0.15, 0.2) is 0 Å². The van der Waals surface area contributed by atoms with Crippen LogP contribution in [0.15, 0.2) is 0 Å². The van der Waals surface area contributed by atoms with Crippen LogP contribution in [-0.2, 0) is 0 Å². The van der Waals surface area contributed by atoms with Crippen LogP contribution in [0, 0.1) is 5.41 Å². The van der Waals surface area contributed by atoms with Crippen LogP contribution in [0.2, 0.25) is 0 Å². The Hall–Kier alpha value is 1.05. The Bertz CT molecular complexity index is 401. The van der Waals surface area contributed by atoms with E-state index in [1.54, 1.807) is 0 Å². The van der Waals surface area contributed by atoms with Gasteiger partial charge in [0.25, 0.3) is 0 Å². The molecular weight excluding hydrogens is 457 g/mol. The van der Waals surface area contributed by atoms with Gasteiger partial charge < -0.3 is 0 Å². The van der Waals surface area contributed by atoms with Crippen LogP contribution >= 0.6 is 35.3 Å². The van der Waals surface area contributed by atoms with Crippen molar-refractivity contribution in [3.8, 4) is 0 Å². The molecule has 3 saturated carbocycles. The van der Waals surface area contributed by atoms with Crippen molar-refractivity contribution in [2.75, 3.05) is 17.3 Å². The Balaban J connectivity index is 1.53. The predicted molar refractivity (Wildman–Crippen MR) is 158 cm³/mol. The summed E-state index contributed by atoms with van der Waals surface area (Å²) in [6, 6.07) is 0. The Labute approximate surface area is 221 Å². The van der Waals surface area contributed by atoms with Gasteiger partial charge in [-0.2, -0.15) is 35.3 Å². The lowest BCUT2D eigenvalue weighted by molar-refractivity contribution is 0.227. The zero-order valence-electron chi connectivity index (χ0n) is 22.1. The van der Waals surface area contributed by atoms with Crippen molar-refractivity contribution in [1.29, 1.82) is 0 Å². The van der Waals surface area contributed by atoms with E-state index in [9.17, 15) is 0 Å². The molecule has 3 rings (SSSR count). The first-order valence-corrected chi connectivity index (χ1v) is 18.3. The van der Waals surface area contributed by atoms with Gasteiger partial charge in [0.05, 0.1) is 0 Å².